The number of carbonyl (C=O) groups excluding carboxylic acids is 3. The fourth-order valence-electron chi connectivity index (χ4n) is 4.52. The largest absolute Gasteiger partial charge is 0.465 e. The summed E-state index contributed by atoms with van der Waals surface area (Å²) in [5.74, 6) is -0.272. The van der Waals surface area contributed by atoms with Gasteiger partial charge in [0.15, 0.2) is 11.6 Å². The van der Waals surface area contributed by atoms with Gasteiger partial charge in [0.1, 0.15) is 12.4 Å². The third-order valence-electron chi connectivity index (χ3n) is 7.13. The Morgan fingerprint density at radius 3 is 2.50 bits per heavy atom. The first kappa shape index (κ1) is 32.1. The molecule has 44 heavy (non-hydrogen) atoms. The second-order valence-corrected chi connectivity index (χ2v) is 10.4. The van der Waals surface area contributed by atoms with Gasteiger partial charge in [0, 0.05) is 57.8 Å². The molecule has 0 radical (unpaired) electrons. The molecule has 5 amide bonds. The van der Waals surface area contributed by atoms with Gasteiger partial charge in [-0.3, -0.25) is 10.1 Å². The summed E-state index contributed by atoms with van der Waals surface area (Å²) < 4.78 is 24.5. The fourth-order valence-corrected chi connectivity index (χ4v) is 4.71. The summed E-state index contributed by atoms with van der Waals surface area (Å²) in [6.45, 7) is 0.584. The van der Waals surface area contributed by atoms with E-state index >= 15 is 0 Å². The first-order valence-electron chi connectivity index (χ1n) is 13.8. The van der Waals surface area contributed by atoms with Crippen molar-refractivity contribution in [3.8, 4) is 11.3 Å². The second-order valence-electron chi connectivity index (χ2n) is 9.99. The normalized spacial score (nSPS) is 13.6. The maximum atomic E-state index is 13.8. The van der Waals surface area contributed by atoms with Crippen LogP contribution in [0, 0.1) is 5.82 Å². The molecule has 3 N–H and O–H groups in total. The third kappa shape index (κ3) is 8.60. The zero-order chi connectivity index (χ0) is 31.6. The summed E-state index contributed by atoms with van der Waals surface area (Å²) in [5, 5.41) is 18.0. The Labute approximate surface area is 257 Å². The van der Waals surface area contributed by atoms with Gasteiger partial charge in [-0.25, -0.2) is 18.8 Å². The number of hydrogen-bond acceptors (Lipinski definition) is 7. The molecule has 1 aromatic heterocycles. The van der Waals surface area contributed by atoms with Crippen molar-refractivity contribution < 1.29 is 37.9 Å². The number of halogens is 2. The third-order valence-corrected chi connectivity index (χ3v) is 7.55. The van der Waals surface area contributed by atoms with Crippen LogP contribution in [0.3, 0.4) is 0 Å². The smallest absolute Gasteiger partial charge is 0.412 e. The molecule has 4 rings (SSSR count). The molecular formula is C29H32ClFN6O7. The number of urea groups is 1. The van der Waals surface area contributed by atoms with Gasteiger partial charge in [0.2, 0.25) is 5.91 Å². The molecule has 0 aliphatic carbocycles. The van der Waals surface area contributed by atoms with Gasteiger partial charge in [0.05, 0.1) is 11.1 Å². The highest BCUT2D eigenvalue weighted by molar-refractivity contribution is 6.31. The van der Waals surface area contributed by atoms with E-state index in [2.05, 4.69) is 15.8 Å². The molecule has 1 saturated heterocycles. The van der Waals surface area contributed by atoms with Crippen molar-refractivity contribution in [2.45, 2.75) is 25.4 Å². The van der Waals surface area contributed by atoms with Gasteiger partial charge >= 0.3 is 18.2 Å². The van der Waals surface area contributed by atoms with Gasteiger partial charge < -0.3 is 34.4 Å². The number of amides is 5. The van der Waals surface area contributed by atoms with E-state index in [9.17, 15) is 23.6 Å². The summed E-state index contributed by atoms with van der Waals surface area (Å²) >= 11 is 6.00. The predicted octanol–water partition coefficient (Wildman–Crippen LogP) is 4.50. The molecule has 1 atom stereocenters. The number of aromatic nitrogens is 1. The topological polar surface area (TPSA) is 158 Å². The molecule has 3 aromatic rings. The number of carbonyl (C=O) groups is 4. The molecule has 0 spiro atoms. The number of carboxylic acid groups (broad SMARTS) is 1. The SMILES string of the molecule is CN(C(=O)NCc1cccc(F)c1Cl)[C@@H](CCC(=O)N1CCN(C(=O)O)CC1)COC(=O)Nc1cc(-c2ccccc2)on1. The van der Waals surface area contributed by atoms with Crippen LogP contribution in [-0.4, -0.2) is 95.0 Å². The van der Waals surface area contributed by atoms with E-state index in [1.807, 2.05) is 30.3 Å². The lowest BCUT2D eigenvalue weighted by Crippen LogP contribution is -2.50. The van der Waals surface area contributed by atoms with Crippen LogP contribution in [-0.2, 0) is 16.1 Å². The van der Waals surface area contributed by atoms with Crippen LogP contribution < -0.4 is 10.6 Å². The number of nitrogens with one attached hydrogen (secondary N) is 2. The summed E-state index contributed by atoms with van der Waals surface area (Å²) in [6, 6.07) is 13.7. The van der Waals surface area contributed by atoms with Crippen LogP contribution in [0.2, 0.25) is 5.02 Å². The van der Waals surface area contributed by atoms with Crippen LogP contribution in [0.25, 0.3) is 11.3 Å². The van der Waals surface area contributed by atoms with Crippen molar-refractivity contribution in [3.05, 3.63) is 71.0 Å². The summed E-state index contributed by atoms with van der Waals surface area (Å²) in [7, 11) is 1.48. The Kier molecular flexibility index (Phi) is 11.0. The van der Waals surface area contributed by atoms with Gasteiger partial charge in [-0.1, -0.05) is 59.2 Å². The van der Waals surface area contributed by atoms with E-state index in [-0.39, 0.29) is 68.9 Å². The Morgan fingerprint density at radius 2 is 1.80 bits per heavy atom. The minimum atomic E-state index is -1.04. The summed E-state index contributed by atoms with van der Waals surface area (Å²) in [6.07, 6.45) is -1.74. The molecule has 1 fully saturated rings. The molecule has 234 valence electrons. The number of nitrogens with zero attached hydrogens (tertiary/aromatic N) is 4. The van der Waals surface area contributed by atoms with E-state index < -0.39 is 30.1 Å². The van der Waals surface area contributed by atoms with Crippen LogP contribution in [0.4, 0.5) is 24.6 Å². The van der Waals surface area contributed by atoms with Crippen LogP contribution in [0.1, 0.15) is 18.4 Å². The molecular weight excluding hydrogens is 599 g/mol. The van der Waals surface area contributed by atoms with E-state index in [0.29, 0.717) is 11.3 Å². The van der Waals surface area contributed by atoms with Crippen LogP contribution in [0.15, 0.2) is 59.1 Å². The van der Waals surface area contributed by atoms with Gasteiger partial charge in [-0.2, -0.15) is 0 Å². The number of likely N-dealkylation sites (N-methyl/N-ethyl adjacent to an activating group) is 1. The summed E-state index contributed by atoms with van der Waals surface area (Å²) in [5.41, 5.74) is 1.14. The van der Waals surface area contributed by atoms with Gasteiger partial charge in [0.25, 0.3) is 0 Å². The Hall–Kier alpha value is -4.85. The maximum absolute atomic E-state index is 13.8. The molecule has 15 heteroatoms. The zero-order valence-corrected chi connectivity index (χ0v) is 24.6. The first-order valence-corrected chi connectivity index (χ1v) is 14.1. The molecule has 1 aliphatic rings. The highest BCUT2D eigenvalue weighted by Gasteiger charge is 2.27. The quantitative estimate of drug-likeness (QED) is 0.296. The Morgan fingerprint density at radius 1 is 1.09 bits per heavy atom. The maximum Gasteiger partial charge on any atom is 0.412 e. The molecule has 13 nitrogen and oxygen atoms in total. The number of ether oxygens (including phenoxy) is 1. The molecule has 2 heterocycles. The highest BCUT2D eigenvalue weighted by atomic mass is 35.5. The second kappa shape index (κ2) is 15.0. The number of rotatable bonds is 10. The lowest BCUT2D eigenvalue weighted by Gasteiger charge is -2.34. The fraction of sp³-hybridized carbons (Fsp3) is 0.345. The minimum Gasteiger partial charge on any atom is -0.465 e. The summed E-state index contributed by atoms with van der Waals surface area (Å²) in [4.78, 5) is 53.8. The van der Waals surface area contributed by atoms with Crippen molar-refractivity contribution >= 4 is 41.5 Å². The zero-order valence-electron chi connectivity index (χ0n) is 23.9. The van der Waals surface area contributed by atoms with Crippen molar-refractivity contribution in [3.63, 3.8) is 0 Å². The van der Waals surface area contributed by atoms with Crippen molar-refractivity contribution in [2.24, 2.45) is 0 Å². The molecule has 2 aromatic carbocycles. The van der Waals surface area contributed by atoms with Crippen LogP contribution >= 0.6 is 11.6 Å². The van der Waals surface area contributed by atoms with E-state index in [4.69, 9.17) is 26.0 Å². The average Bonchev–Trinajstić information content (AvgIpc) is 3.50. The molecule has 0 bridgehead atoms. The van der Waals surface area contributed by atoms with Crippen molar-refractivity contribution in [1.82, 2.24) is 25.2 Å². The van der Waals surface area contributed by atoms with E-state index in [0.717, 1.165) is 5.56 Å². The number of anilines is 1. The highest BCUT2D eigenvalue weighted by Crippen LogP contribution is 2.22. The molecule has 1 aliphatic heterocycles. The van der Waals surface area contributed by atoms with E-state index in [1.165, 1.54) is 35.0 Å². The molecule has 0 saturated carbocycles. The van der Waals surface area contributed by atoms with Crippen molar-refractivity contribution in [1.29, 1.82) is 0 Å². The van der Waals surface area contributed by atoms with Crippen molar-refractivity contribution in [2.75, 3.05) is 45.2 Å². The average molecular weight is 631 g/mol. The lowest BCUT2D eigenvalue weighted by atomic mass is 10.1. The van der Waals surface area contributed by atoms with E-state index in [1.54, 1.807) is 11.0 Å². The monoisotopic (exact) mass is 630 g/mol. The Balaban J connectivity index is 1.36. The predicted molar refractivity (Wildman–Crippen MR) is 158 cm³/mol. The first-order chi connectivity index (χ1) is 21.1. The minimum absolute atomic E-state index is 0.0137. The standard InChI is InChI=1S/C29H32ClFN6O7/c1-35(27(39)32-17-20-8-5-9-22(31)26(20)30)21(10-11-25(38)36-12-14-37(15-13-36)29(41)42)18-43-28(40)33-24-16-23(44-34-24)19-6-3-2-4-7-19/h2-9,16,21H,10-15,17-18H2,1H3,(H,32,39)(H,41,42)(H,33,34,40)/t21-/m0/s1. The van der Waals surface area contributed by atoms with Gasteiger partial charge in [-0.05, 0) is 18.1 Å². The lowest BCUT2D eigenvalue weighted by molar-refractivity contribution is -0.133. The number of piperazine rings is 1. The van der Waals surface area contributed by atoms with Crippen LogP contribution in [0.5, 0.6) is 0 Å². The number of benzene rings is 2. The van der Waals surface area contributed by atoms with Gasteiger partial charge in [-0.15, -0.1) is 0 Å². The number of hydrogen-bond donors (Lipinski definition) is 3. The molecule has 0 unspecified atom stereocenters. The Bertz CT molecular complexity index is 1470.